The van der Waals surface area contributed by atoms with Gasteiger partial charge in [-0.2, -0.15) is 0 Å². The minimum absolute atomic E-state index is 0.163. The number of methoxy groups -OCH3 is 2. The second-order valence-corrected chi connectivity index (χ2v) is 5.67. The van der Waals surface area contributed by atoms with Gasteiger partial charge in [-0.3, -0.25) is 4.79 Å². The Labute approximate surface area is 148 Å². The van der Waals surface area contributed by atoms with E-state index >= 15 is 0 Å². The molecule has 0 bridgehead atoms. The Morgan fingerprint density at radius 2 is 1.76 bits per heavy atom. The van der Waals surface area contributed by atoms with E-state index in [1.807, 2.05) is 62.4 Å². The molecule has 2 aromatic carbocycles. The third-order valence-electron chi connectivity index (χ3n) is 3.95. The molecule has 0 saturated heterocycles. The molecule has 0 aromatic heterocycles. The number of rotatable bonds is 8. The molecule has 25 heavy (non-hydrogen) atoms. The predicted octanol–water partition coefficient (Wildman–Crippen LogP) is 3.74. The first-order valence-corrected chi connectivity index (χ1v) is 8.33. The molecule has 0 aliphatic heterocycles. The summed E-state index contributed by atoms with van der Waals surface area (Å²) in [6.45, 7) is 3.83. The van der Waals surface area contributed by atoms with E-state index in [1.54, 1.807) is 14.2 Å². The fraction of sp³-hybridized carbons (Fsp3) is 0.350. The molecule has 0 fully saturated rings. The van der Waals surface area contributed by atoms with Crippen LogP contribution in [0.5, 0.6) is 17.2 Å². The van der Waals surface area contributed by atoms with Crippen LogP contribution in [-0.4, -0.2) is 26.2 Å². The van der Waals surface area contributed by atoms with Gasteiger partial charge in [0.1, 0.15) is 17.2 Å². The summed E-state index contributed by atoms with van der Waals surface area (Å²) in [6.07, 6.45) is 0.0179. The van der Waals surface area contributed by atoms with E-state index in [0.29, 0.717) is 23.7 Å². The van der Waals surface area contributed by atoms with Crippen molar-refractivity contribution in [2.75, 3.05) is 14.2 Å². The summed E-state index contributed by atoms with van der Waals surface area (Å²) in [5.41, 5.74) is 0.852. The fourth-order valence-corrected chi connectivity index (χ4v) is 2.55. The van der Waals surface area contributed by atoms with Crippen molar-refractivity contribution in [3.05, 3.63) is 54.1 Å². The van der Waals surface area contributed by atoms with E-state index in [-0.39, 0.29) is 11.9 Å². The Morgan fingerprint density at radius 1 is 1.04 bits per heavy atom. The maximum Gasteiger partial charge on any atom is 0.261 e. The Kier molecular flexibility index (Phi) is 6.69. The van der Waals surface area contributed by atoms with Crippen LogP contribution in [0.2, 0.25) is 0 Å². The second kappa shape index (κ2) is 8.97. The molecule has 0 aliphatic carbocycles. The third kappa shape index (κ3) is 4.89. The third-order valence-corrected chi connectivity index (χ3v) is 3.95. The van der Waals surface area contributed by atoms with Crippen LogP contribution >= 0.6 is 0 Å². The molecule has 0 saturated carbocycles. The normalized spacial score (nSPS) is 12.8. The van der Waals surface area contributed by atoms with E-state index in [4.69, 9.17) is 14.2 Å². The summed E-state index contributed by atoms with van der Waals surface area (Å²) >= 11 is 0. The number of benzene rings is 2. The highest BCUT2D eigenvalue weighted by Crippen LogP contribution is 2.29. The van der Waals surface area contributed by atoms with Crippen molar-refractivity contribution >= 4 is 5.91 Å². The number of para-hydroxylation sites is 1. The average Bonchev–Trinajstić information content (AvgIpc) is 2.66. The molecule has 0 unspecified atom stereocenters. The van der Waals surface area contributed by atoms with Crippen molar-refractivity contribution < 1.29 is 19.0 Å². The van der Waals surface area contributed by atoms with Crippen LogP contribution in [-0.2, 0) is 4.79 Å². The maximum atomic E-state index is 12.6. The molecule has 2 rings (SSSR count). The van der Waals surface area contributed by atoms with Crippen molar-refractivity contribution in [2.24, 2.45) is 0 Å². The van der Waals surface area contributed by atoms with Gasteiger partial charge in [0.05, 0.1) is 20.3 Å². The van der Waals surface area contributed by atoms with Crippen molar-refractivity contribution in [3.63, 3.8) is 0 Å². The zero-order chi connectivity index (χ0) is 18.2. The number of ether oxygens (including phenoxy) is 3. The van der Waals surface area contributed by atoms with E-state index < -0.39 is 6.10 Å². The van der Waals surface area contributed by atoms with Gasteiger partial charge in [0.25, 0.3) is 5.91 Å². The average molecular weight is 343 g/mol. The van der Waals surface area contributed by atoms with Crippen LogP contribution in [0.25, 0.3) is 0 Å². The molecule has 0 aliphatic rings. The van der Waals surface area contributed by atoms with Crippen molar-refractivity contribution in [3.8, 4) is 17.2 Å². The molecule has 5 nitrogen and oxygen atoms in total. The number of carbonyl (C=O) groups excluding carboxylic acids is 1. The number of hydrogen-bond acceptors (Lipinski definition) is 4. The summed E-state index contributed by atoms with van der Waals surface area (Å²) in [6, 6.07) is 14.6. The summed E-state index contributed by atoms with van der Waals surface area (Å²) in [7, 11) is 3.21. The van der Waals surface area contributed by atoms with Crippen LogP contribution < -0.4 is 19.5 Å². The number of carbonyl (C=O) groups is 1. The molecule has 0 spiro atoms. The van der Waals surface area contributed by atoms with Gasteiger partial charge in [0.2, 0.25) is 0 Å². The Hall–Kier alpha value is -2.69. The highest BCUT2D eigenvalue weighted by atomic mass is 16.5. The minimum Gasteiger partial charge on any atom is -0.497 e. The molecule has 2 atom stereocenters. The van der Waals surface area contributed by atoms with Crippen LogP contribution in [0.15, 0.2) is 48.5 Å². The largest absolute Gasteiger partial charge is 0.497 e. The maximum absolute atomic E-state index is 12.6. The highest BCUT2D eigenvalue weighted by Gasteiger charge is 2.22. The van der Waals surface area contributed by atoms with Crippen molar-refractivity contribution in [2.45, 2.75) is 32.4 Å². The number of amides is 1. The van der Waals surface area contributed by atoms with Gasteiger partial charge in [-0.25, -0.2) is 0 Å². The van der Waals surface area contributed by atoms with Crippen molar-refractivity contribution in [1.82, 2.24) is 5.32 Å². The molecule has 0 radical (unpaired) electrons. The van der Waals surface area contributed by atoms with Crippen LogP contribution in [0, 0.1) is 0 Å². The van der Waals surface area contributed by atoms with E-state index in [9.17, 15) is 4.79 Å². The minimum atomic E-state index is -0.554. The Morgan fingerprint density at radius 3 is 2.36 bits per heavy atom. The lowest BCUT2D eigenvalue weighted by atomic mass is 10.1. The van der Waals surface area contributed by atoms with Crippen LogP contribution in [0.4, 0.5) is 0 Å². The molecule has 134 valence electrons. The van der Waals surface area contributed by atoms with Gasteiger partial charge >= 0.3 is 0 Å². The molecule has 1 amide bonds. The highest BCUT2D eigenvalue weighted by molar-refractivity contribution is 5.81. The van der Waals surface area contributed by atoms with E-state index in [2.05, 4.69) is 5.32 Å². The van der Waals surface area contributed by atoms with Crippen LogP contribution in [0.1, 0.15) is 31.9 Å². The Bertz CT molecular complexity index is 687. The quantitative estimate of drug-likeness (QED) is 0.793. The smallest absolute Gasteiger partial charge is 0.261 e. The lowest BCUT2D eigenvalue weighted by Gasteiger charge is -2.22. The molecule has 2 aromatic rings. The number of hydrogen-bond donors (Lipinski definition) is 1. The topological polar surface area (TPSA) is 56.8 Å². The van der Waals surface area contributed by atoms with Gasteiger partial charge in [-0.15, -0.1) is 0 Å². The second-order valence-electron chi connectivity index (χ2n) is 5.67. The number of nitrogens with one attached hydrogen (secondary N) is 1. The van der Waals surface area contributed by atoms with E-state index in [1.165, 1.54) is 0 Å². The summed E-state index contributed by atoms with van der Waals surface area (Å²) in [5, 5.41) is 2.99. The summed E-state index contributed by atoms with van der Waals surface area (Å²) in [4.78, 5) is 12.6. The van der Waals surface area contributed by atoms with Gasteiger partial charge in [0, 0.05) is 5.56 Å². The lowest BCUT2D eigenvalue weighted by Crippen LogP contribution is -2.39. The Balaban J connectivity index is 2.10. The summed E-state index contributed by atoms with van der Waals surface area (Å²) < 4.78 is 16.5. The molecule has 5 heteroatoms. The van der Waals surface area contributed by atoms with Crippen LogP contribution in [0.3, 0.4) is 0 Å². The first-order valence-electron chi connectivity index (χ1n) is 8.33. The lowest BCUT2D eigenvalue weighted by molar-refractivity contribution is -0.128. The summed E-state index contributed by atoms with van der Waals surface area (Å²) in [5.74, 6) is 1.93. The standard InChI is InChI=1S/C20H25NO4/c1-5-18(25-15-9-7-6-8-10-15)20(22)21-14(2)17-13-16(23-3)11-12-19(17)24-4/h6-14,18H,5H2,1-4H3,(H,21,22)/t14-,18-/m0/s1. The molecular formula is C20H25NO4. The first-order chi connectivity index (χ1) is 12.1. The zero-order valence-corrected chi connectivity index (χ0v) is 15.1. The molecule has 0 heterocycles. The van der Waals surface area contributed by atoms with Gasteiger partial charge in [-0.05, 0) is 43.7 Å². The molecule has 1 N–H and O–H groups in total. The van der Waals surface area contributed by atoms with E-state index in [0.717, 1.165) is 5.56 Å². The SMILES string of the molecule is CC[C@H](Oc1ccccc1)C(=O)N[C@@H](C)c1cc(OC)ccc1OC. The predicted molar refractivity (Wildman–Crippen MR) is 97.3 cm³/mol. The monoisotopic (exact) mass is 343 g/mol. The van der Waals surface area contributed by atoms with Crippen molar-refractivity contribution in [1.29, 1.82) is 0 Å². The van der Waals surface area contributed by atoms with Gasteiger partial charge in [0.15, 0.2) is 6.10 Å². The van der Waals surface area contributed by atoms with Gasteiger partial charge in [-0.1, -0.05) is 25.1 Å². The first kappa shape index (κ1) is 18.6. The zero-order valence-electron chi connectivity index (χ0n) is 15.1. The van der Waals surface area contributed by atoms with Gasteiger partial charge < -0.3 is 19.5 Å². The fourth-order valence-electron chi connectivity index (χ4n) is 2.55. The molecular weight excluding hydrogens is 318 g/mol.